The van der Waals surface area contributed by atoms with Gasteiger partial charge < -0.3 is 28.7 Å². The standard InChI is InChI=1S/C19H26N2O6/c1-24-15-11-13(12-16(25-2)17(15)26-3)18(22)20-6-8-21(9-7-20)19(23)14-5-4-10-27-14/h11-12,14H,4-10H2,1-3H3/t14-/m0/s1. The molecule has 0 aromatic heterocycles. The van der Waals surface area contributed by atoms with E-state index in [1.165, 1.54) is 21.3 Å². The summed E-state index contributed by atoms with van der Waals surface area (Å²) in [6.45, 7) is 2.63. The Morgan fingerprint density at radius 1 is 0.963 bits per heavy atom. The predicted octanol–water partition coefficient (Wildman–Crippen LogP) is 1.18. The van der Waals surface area contributed by atoms with Crippen LogP contribution in [0, 0.1) is 0 Å². The molecule has 1 aromatic rings. The monoisotopic (exact) mass is 378 g/mol. The molecule has 8 heteroatoms. The van der Waals surface area contributed by atoms with E-state index in [9.17, 15) is 9.59 Å². The zero-order valence-electron chi connectivity index (χ0n) is 16.0. The van der Waals surface area contributed by atoms with Crippen LogP contribution in [0.1, 0.15) is 23.2 Å². The Kier molecular flexibility index (Phi) is 6.05. The number of amides is 2. The average Bonchev–Trinajstić information content (AvgIpc) is 3.26. The number of piperazine rings is 1. The molecule has 0 unspecified atom stereocenters. The molecule has 27 heavy (non-hydrogen) atoms. The number of nitrogens with zero attached hydrogens (tertiary/aromatic N) is 2. The number of ether oxygens (including phenoxy) is 4. The van der Waals surface area contributed by atoms with E-state index in [0.29, 0.717) is 55.6 Å². The summed E-state index contributed by atoms with van der Waals surface area (Å²) in [5, 5.41) is 0. The molecule has 2 aliphatic rings. The molecule has 0 spiro atoms. The van der Waals surface area contributed by atoms with Crippen molar-refractivity contribution < 1.29 is 28.5 Å². The first-order chi connectivity index (χ1) is 13.1. The lowest BCUT2D eigenvalue weighted by molar-refractivity contribution is -0.142. The maximum Gasteiger partial charge on any atom is 0.254 e. The van der Waals surface area contributed by atoms with Crippen molar-refractivity contribution in [3.63, 3.8) is 0 Å². The SMILES string of the molecule is COc1cc(C(=O)N2CCN(C(=O)[C@@H]3CCCO3)CC2)cc(OC)c1OC. The van der Waals surface area contributed by atoms with Crippen LogP contribution in [-0.4, -0.2) is 81.8 Å². The first kappa shape index (κ1) is 19.3. The van der Waals surface area contributed by atoms with Crippen LogP contribution in [0.3, 0.4) is 0 Å². The van der Waals surface area contributed by atoms with Crippen LogP contribution in [0.4, 0.5) is 0 Å². The normalized spacial score (nSPS) is 19.7. The Labute approximate surface area is 158 Å². The summed E-state index contributed by atoms with van der Waals surface area (Å²) in [6.07, 6.45) is 1.39. The largest absolute Gasteiger partial charge is 0.493 e. The highest BCUT2D eigenvalue weighted by Gasteiger charge is 2.32. The third-order valence-electron chi connectivity index (χ3n) is 5.00. The lowest BCUT2D eigenvalue weighted by Gasteiger charge is -2.35. The molecule has 1 aromatic carbocycles. The van der Waals surface area contributed by atoms with E-state index in [2.05, 4.69) is 0 Å². The second kappa shape index (κ2) is 8.47. The van der Waals surface area contributed by atoms with Gasteiger partial charge in [0.2, 0.25) is 5.75 Å². The van der Waals surface area contributed by atoms with Gasteiger partial charge in [-0.3, -0.25) is 9.59 Å². The van der Waals surface area contributed by atoms with Gasteiger partial charge in [-0.05, 0) is 25.0 Å². The first-order valence-corrected chi connectivity index (χ1v) is 9.08. The fraction of sp³-hybridized carbons (Fsp3) is 0.579. The van der Waals surface area contributed by atoms with Gasteiger partial charge in [-0.15, -0.1) is 0 Å². The van der Waals surface area contributed by atoms with Crippen LogP contribution in [0.15, 0.2) is 12.1 Å². The fourth-order valence-corrected chi connectivity index (χ4v) is 3.49. The zero-order valence-corrected chi connectivity index (χ0v) is 16.0. The molecular formula is C19H26N2O6. The van der Waals surface area contributed by atoms with Crippen molar-refractivity contribution in [3.05, 3.63) is 17.7 Å². The second-order valence-electron chi connectivity index (χ2n) is 6.53. The maximum atomic E-state index is 12.9. The minimum Gasteiger partial charge on any atom is -0.493 e. The molecule has 2 amide bonds. The van der Waals surface area contributed by atoms with Gasteiger partial charge in [0.15, 0.2) is 11.5 Å². The van der Waals surface area contributed by atoms with Gasteiger partial charge in [-0.25, -0.2) is 0 Å². The smallest absolute Gasteiger partial charge is 0.254 e. The zero-order chi connectivity index (χ0) is 19.4. The van der Waals surface area contributed by atoms with E-state index in [-0.39, 0.29) is 17.9 Å². The molecule has 0 bridgehead atoms. The van der Waals surface area contributed by atoms with Crippen molar-refractivity contribution >= 4 is 11.8 Å². The number of hydrogen-bond acceptors (Lipinski definition) is 6. The summed E-state index contributed by atoms with van der Waals surface area (Å²) in [6, 6.07) is 3.29. The van der Waals surface area contributed by atoms with E-state index in [1.807, 2.05) is 0 Å². The molecule has 0 N–H and O–H groups in total. The molecule has 0 radical (unpaired) electrons. The first-order valence-electron chi connectivity index (χ1n) is 9.08. The summed E-state index contributed by atoms with van der Waals surface area (Å²) in [4.78, 5) is 28.9. The highest BCUT2D eigenvalue weighted by Crippen LogP contribution is 2.38. The molecule has 0 aliphatic carbocycles. The molecule has 8 nitrogen and oxygen atoms in total. The van der Waals surface area contributed by atoms with Crippen LogP contribution in [0.25, 0.3) is 0 Å². The van der Waals surface area contributed by atoms with Crippen molar-refractivity contribution in [2.75, 3.05) is 54.1 Å². The summed E-state index contributed by atoms with van der Waals surface area (Å²) in [7, 11) is 4.55. The quantitative estimate of drug-likeness (QED) is 0.766. The Balaban J connectivity index is 1.68. The molecule has 1 atom stereocenters. The minimum absolute atomic E-state index is 0.0346. The highest BCUT2D eigenvalue weighted by molar-refractivity contribution is 5.96. The van der Waals surface area contributed by atoms with Crippen LogP contribution < -0.4 is 14.2 Å². The number of hydrogen-bond donors (Lipinski definition) is 0. The number of rotatable bonds is 5. The van der Waals surface area contributed by atoms with Crippen molar-refractivity contribution in [1.82, 2.24) is 9.80 Å². The van der Waals surface area contributed by atoms with Crippen LogP contribution in [-0.2, 0) is 9.53 Å². The summed E-state index contributed by atoms with van der Waals surface area (Å²) in [5.74, 6) is 1.23. The van der Waals surface area contributed by atoms with Crippen molar-refractivity contribution in [3.8, 4) is 17.2 Å². The van der Waals surface area contributed by atoms with E-state index in [0.717, 1.165) is 12.8 Å². The van der Waals surface area contributed by atoms with Gasteiger partial charge in [0.25, 0.3) is 11.8 Å². The fourth-order valence-electron chi connectivity index (χ4n) is 3.49. The van der Waals surface area contributed by atoms with Crippen molar-refractivity contribution in [2.45, 2.75) is 18.9 Å². The Bertz CT molecular complexity index is 668. The van der Waals surface area contributed by atoms with Gasteiger partial charge in [-0.1, -0.05) is 0 Å². The maximum absolute atomic E-state index is 12.9. The average molecular weight is 378 g/mol. The number of carbonyl (C=O) groups is 2. The van der Waals surface area contributed by atoms with Crippen molar-refractivity contribution in [2.24, 2.45) is 0 Å². The predicted molar refractivity (Wildman–Crippen MR) is 97.6 cm³/mol. The van der Waals surface area contributed by atoms with E-state index in [4.69, 9.17) is 18.9 Å². The van der Waals surface area contributed by atoms with E-state index >= 15 is 0 Å². The van der Waals surface area contributed by atoms with Gasteiger partial charge in [-0.2, -0.15) is 0 Å². The van der Waals surface area contributed by atoms with E-state index < -0.39 is 0 Å². The number of benzene rings is 1. The van der Waals surface area contributed by atoms with Gasteiger partial charge in [0.1, 0.15) is 6.10 Å². The Morgan fingerprint density at radius 3 is 2.04 bits per heavy atom. The van der Waals surface area contributed by atoms with Gasteiger partial charge in [0.05, 0.1) is 21.3 Å². The van der Waals surface area contributed by atoms with Crippen LogP contribution in [0.5, 0.6) is 17.2 Å². The molecule has 3 rings (SSSR count). The molecule has 2 saturated heterocycles. The Morgan fingerprint density at radius 2 is 1.56 bits per heavy atom. The summed E-state index contributed by atoms with van der Waals surface area (Å²) < 4.78 is 21.4. The molecule has 2 heterocycles. The molecule has 2 fully saturated rings. The third kappa shape index (κ3) is 3.95. The van der Waals surface area contributed by atoms with Gasteiger partial charge in [0, 0.05) is 38.3 Å². The topological polar surface area (TPSA) is 77.5 Å². The van der Waals surface area contributed by atoms with Gasteiger partial charge >= 0.3 is 0 Å². The number of methoxy groups -OCH3 is 3. The lowest BCUT2D eigenvalue weighted by atomic mass is 10.1. The summed E-state index contributed by atoms with van der Waals surface area (Å²) in [5.41, 5.74) is 0.461. The highest BCUT2D eigenvalue weighted by atomic mass is 16.5. The molecule has 2 aliphatic heterocycles. The summed E-state index contributed by atoms with van der Waals surface area (Å²) >= 11 is 0. The second-order valence-corrected chi connectivity index (χ2v) is 6.53. The molecular weight excluding hydrogens is 352 g/mol. The Hall–Kier alpha value is -2.48. The van der Waals surface area contributed by atoms with E-state index in [1.54, 1.807) is 21.9 Å². The van der Waals surface area contributed by atoms with Crippen LogP contribution in [0.2, 0.25) is 0 Å². The molecule has 148 valence electrons. The number of carbonyl (C=O) groups excluding carboxylic acids is 2. The molecule has 0 saturated carbocycles. The van der Waals surface area contributed by atoms with Crippen molar-refractivity contribution in [1.29, 1.82) is 0 Å². The lowest BCUT2D eigenvalue weighted by Crippen LogP contribution is -2.52. The minimum atomic E-state index is -0.317. The van der Waals surface area contributed by atoms with Crippen LogP contribution >= 0.6 is 0 Å². The third-order valence-corrected chi connectivity index (χ3v) is 5.00.